The van der Waals surface area contributed by atoms with Gasteiger partial charge in [0.15, 0.2) is 5.82 Å². The van der Waals surface area contributed by atoms with Crippen molar-refractivity contribution in [3.05, 3.63) is 64.4 Å². The summed E-state index contributed by atoms with van der Waals surface area (Å²) in [7, 11) is 4.11. The predicted molar refractivity (Wildman–Crippen MR) is 142 cm³/mol. The molecule has 5 rings (SSSR count). The van der Waals surface area contributed by atoms with Gasteiger partial charge in [-0.05, 0) is 57.4 Å². The van der Waals surface area contributed by atoms with Crippen LogP contribution in [-0.2, 0) is 0 Å². The number of likely N-dealkylation sites (N-methyl/N-ethyl adjacent to an activating group) is 1. The molecule has 0 saturated carbocycles. The van der Waals surface area contributed by atoms with Crippen molar-refractivity contribution >= 4 is 50.8 Å². The number of H-pyrrole nitrogens is 2. The van der Waals surface area contributed by atoms with Crippen molar-refractivity contribution in [3.63, 3.8) is 0 Å². The molecule has 5 aromatic rings. The third kappa shape index (κ3) is 4.91. The second-order valence-corrected chi connectivity index (χ2v) is 9.42. The molecule has 10 heteroatoms. The van der Waals surface area contributed by atoms with E-state index in [-0.39, 0.29) is 6.10 Å². The molecular formula is C25H25Cl2N7O. The number of hydrogen-bond acceptors (Lipinski definition) is 6. The van der Waals surface area contributed by atoms with Crippen molar-refractivity contribution in [2.24, 2.45) is 0 Å². The Labute approximate surface area is 212 Å². The zero-order chi connectivity index (χ0) is 24.5. The summed E-state index contributed by atoms with van der Waals surface area (Å²) in [5.41, 5.74) is 5.15. The standard InChI is InChI=1S/C25H25Cl2N7O/c1-14(23-18(26)12-28-13-19(23)27)35-16-5-7-20-17(11-16)24(33-32-20)25-30-21-6-4-15(10-22(21)31-25)29-8-9-34(2)3/h4-7,10-14,29H,8-9H2,1-3H3,(H,30,31)(H,32,33). The summed E-state index contributed by atoms with van der Waals surface area (Å²) in [6, 6.07) is 11.9. The van der Waals surface area contributed by atoms with Gasteiger partial charge in [-0.25, -0.2) is 4.98 Å². The lowest BCUT2D eigenvalue weighted by molar-refractivity contribution is 0.227. The fourth-order valence-corrected chi connectivity index (χ4v) is 4.65. The summed E-state index contributed by atoms with van der Waals surface area (Å²) in [5, 5.41) is 12.9. The van der Waals surface area contributed by atoms with Crippen molar-refractivity contribution < 1.29 is 4.74 Å². The van der Waals surface area contributed by atoms with Crippen molar-refractivity contribution in [2.75, 3.05) is 32.5 Å². The zero-order valence-corrected chi connectivity index (χ0v) is 21.1. The highest BCUT2D eigenvalue weighted by atomic mass is 35.5. The first kappa shape index (κ1) is 23.4. The van der Waals surface area contributed by atoms with Crippen LogP contribution in [0.1, 0.15) is 18.6 Å². The van der Waals surface area contributed by atoms with Gasteiger partial charge in [-0.1, -0.05) is 23.2 Å². The predicted octanol–water partition coefficient (Wildman–Crippen LogP) is 5.92. The maximum absolute atomic E-state index is 6.30. The molecule has 0 saturated heterocycles. The fraction of sp³-hybridized carbons (Fsp3) is 0.240. The van der Waals surface area contributed by atoms with Gasteiger partial charge >= 0.3 is 0 Å². The van der Waals surface area contributed by atoms with E-state index in [0.717, 1.165) is 46.4 Å². The van der Waals surface area contributed by atoms with E-state index >= 15 is 0 Å². The van der Waals surface area contributed by atoms with Crippen molar-refractivity contribution in [2.45, 2.75) is 13.0 Å². The second kappa shape index (κ2) is 9.73. The lowest BCUT2D eigenvalue weighted by Gasteiger charge is -2.17. The van der Waals surface area contributed by atoms with E-state index in [1.54, 1.807) is 12.4 Å². The topological polar surface area (TPSA) is 94.7 Å². The van der Waals surface area contributed by atoms with E-state index in [1.165, 1.54) is 0 Å². The number of ether oxygens (including phenoxy) is 1. The van der Waals surface area contributed by atoms with Gasteiger partial charge in [0.2, 0.25) is 0 Å². The van der Waals surface area contributed by atoms with Crippen LogP contribution < -0.4 is 10.1 Å². The first-order valence-corrected chi connectivity index (χ1v) is 12.0. The number of halogens is 2. The summed E-state index contributed by atoms with van der Waals surface area (Å²) in [6.07, 6.45) is 2.76. The highest BCUT2D eigenvalue weighted by Crippen LogP contribution is 2.34. The monoisotopic (exact) mass is 509 g/mol. The molecule has 3 N–H and O–H groups in total. The normalized spacial score (nSPS) is 12.5. The summed E-state index contributed by atoms with van der Waals surface area (Å²) in [5.74, 6) is 1.35. The number of rotatable bonds is 8. The van der Waals surface area contributed by atoms with E-state index in [0.29, 0.717) is 27.2 Å². The molecular weight excluding hydrogens is 485 g/mol. The molecule has 1 atom stereocenters. The van der Waals surface area contributed by atoms with Crippen LogP contribution in [0.5, 0.6) is 5.75 Å². The Balaban J connectivity index is 1.42. The molecule has 3 heterocycles. The zero-order valence-electron chi connectivity index (χ0n) is 19.6. The molecule has 0 spiro atoms. The molecule has 0 fully saturated rings. The summed E-state index contributed by atoms with van der Waals surface area (Å²) in [6.45, 7) is 3.71. The number of hydrogen-bond donors (Lipinski definition) is 3. The number of imidazole rings is 1. The molecule has 2 aromatic carbocycles. The van der Waals surface area contributed by atoms with Crippen LogP contribution in [0, 0.1) is 0 Å². The van der Waals surface area contributed by atoms with Crippen LogP contribution in [0.2, 0.25) is 10.0 Å². The number of aromatic amines is 2. The number of anilines is 1. The molecule has 0 radical (unpaired) electrons. The highest BCUT2D eigenvalue weighted by Gasteiger charge is 2.18. The Bertz CT molecular complexity index is 1470. The summed E-state index contributed by atoms with van der Waals surface area (Å²) >= 11 is 12.6. The molecule has 0 aliphatic rings. The third-order valence-electron chi connectivity index (χ3n) is 5.74. The SMILES string of the molecule is CC(Oc1ccc2[nH]nc(-c3nc4ccc(NCCN(C)C)cc4[nH]3)c2c1)c1c(Cl)cncc1Cl. The second-order valence-electron chi connectivity index (χ2n) is 8.60. The molecule has 0 aliphatic carbocycles. The Morgan fingerprint density at radius 1 is 1.06 bits per heavy atom. The van der Waals surface area contributed by atoms with E-state index in [1.807, 2.05) is 37.3 Å². The first-order chi connectivity index (χ1) is 16.9. The Morgan fingerprint density at radius 3 is 2.63 bits per heavy atom. The molecule has 0 bridgehead atoms. The lowest BCUT2D eigenvalue weighted by Crippen LogP contribution is -2.20. The van der Waals surface area contributed by atoms with Gasteiger partial charge in [-0.2, -0.15) is 5.10 Å². The van der Waals surface area contributed by atoms with Gasteiger partial charge < -0.3 is 19.9 Å². The molecule has 1 unspecified atom stereocenters. The van der Waals surface area contributed by atoms with Crippen LogP contribution in [-0.4, -0.2) is 57.2 Å². The Morgan fingerprint density at radius 2 is 1.86 bits per heavy atom. The minimum atomic E-state index is -0.365. The maximum atomic E-state index is 6.30. The average Bonchev–Trinajstić information content (AvgIpc) is 3.42. The van der Waals surface area contributed by atoms with Crippen LogP contribution in [0.15, 0.2) is 48.8 Å². The molecule has 3 aromatic heterocycles. The van der Waals surface area contributed by atoms with E-state index in [2.05, 4.69) is 50.5 Å². The quantitative estimate of drug-likeness (QED) is 0.240. The highest BCUT2D eigenvalue weighted by molar-refractivity contribution is 6.35. The van der Waals surface area contributed by atoms with E-state index < -0.39 is 0 Å². The molecule has 0 amide bonds. The average molecular weight is 510 g/mol. The number of benzene rings is 2. The molecule has 180 valence electrons. The fourth-order valence-electron chi connectivity index (χ4n) is 3.98. The van der Waals surface area contributed by atoms with Crippen LogP contribution >= 0.6 is 23.2 Å². The van der Waals surface area contributed by atoms with Gasteiger partial charge in [0, 0.05) is 42.1 Å². The van der Waals surface area contributed by atoms with E-state index in [4.69, 9.17) is 32.9 Å². The summed E-state index contributed by atoms with van der Waals surface area (Å²) in [4.78, 5) is 14.3. The first-order valence-electron chi connectivity index (χ1n) is 11.2. The Kier molecular flexibility index (Phi) is 6.51. The van der Waals surface area contributed by atoms with Crippen molar-refractivity contribution in [3.8, 4) is 17.3 Å². The number of aromatic nitrogens is 5. The maximum Gasteiger partial charge on any atom is 0.159 e. The number of nitrogens with zero attached hydrogens (tertiary/aromatic N) is 4. The molecule has 0 aliphatic heterocycles. The number of fused-ring (bicyclic) bond motifs is 2. The van der Waals surface area contributed by atoms with Gasteiger partial charge in [-0.3, -0.25) is 10.1 Å². The van der Waals surface area contributed by atoms with Crippen LogP contribution in [0.3, 0.4) is 0 Å². The number of nitrogens with one attached hydrogen (secondary N) is 3. The molecule has 8 nitrogen and oxygen atoms in total. The van der Waals surface area contributed by atoms with Crippen LogP contribution in [0.25, 0.3) is 33.5 Å². The summed E-state index contributed by atoms with van der Waals surface area (Å²) < 4.78 is 6.18. The largest absolute Gasteiger partial charge is 0.486 e. The molecule has 35 heavy (non-hydrogen) atoms. The minimum Gasteiger partial charge on any atom is -0.486 e. The smallest absolute Gasteiger partial charge is 0.159 e. The third-order valence-corrected chi connectivity index (χ3v) is 6.34. The van der Waals surface area contributed by atoms with Crippen molar-refractivity contribution in [1.82, 2.24) is 30.0 Å². The van der Waals surface area contributed by atoms with Gasteiger partial charge in [0.1, 0.15) is 17.5 Å². The van der Waals surface area contributed by atoms with Gasteiger partial charge in [-0.15, -0.1) is 0 Å². The van der Waals surface area contributed by atoms with Gasteiger partial charge in [0.05, 0.1) is 26.6 Å². The van der Waals surface area contributed by atoms with Crippen LogP contribution in [0.4, 0.5) is 5.69 Å². The minimum absolute atomic E-state index is 0.365. The number of pyridine rings is 1. The van der Waals surface area contributed by atoms with Gasteiger partial charge in [0.25, 0.3) is 0 Å². The lowest BCUT2D eigenvalue weighted by atomic mass is 10.1. The van der Waals surface area contributed by atoms with Crippen molar-refractivity contribution in [1.29, 1.82) is 0 Å². The van der Waals surface area contributed by atoms with E-state index in [9.17, 15) is 0 Å². The Hall–Kier alpha value is -3.33.